The lowest BCUT2D eigenvalue weighted by atomic mass is 9.82. The maximum absolute atomic E-state index is 12.2. The molecule has 1 aromatic carbocycles. The van der Waals surface area contributed by atoms with Gasteiger partial charge in [-0.1, -0.05) is 29.8 Å². The first-order valence-electron chi connectivity index (χ1n) is 7.64. The van der Waals surface area contributed by atoms with Crippen molar-refractivity contribution < 1.29 is 14.3 Å². The summed E-state index contributed by atoms with van der Waals surface area (Å²) in [5.41, 5.74) is 3.25. The molecule has 22 heavy (non-hydrogen) atoms. The van der Waals surface area contributed by atoms with E-state index in [9.17, 15) is 9.59 Å². The van der Waals surface area contributed by atoms with E-state index in [0.29, 0.717) is 12.8 Å². The molecule has 3 aliphatic rings. The van der Waals surface area contributed by atoms with Crippen molar-refractivity contribution in [3.8, 4) is 0 Å². The van der Waals surface area contributed by atoms with Crippen LogP contribution in [0.1, 0.15) is 24.8 Å². The van der Waals surface area contributed by atoms with Gasteiger partial charge >= 0.3 is 0 Å². The number of ether oxygens (including phenoxy) is 1. The normalized spacial score (nSPS) is 26.4. The zero-order valence-electron chi connectivity index (χ0n) is 12.4. The molecular weight excluding hydrogens is 278 g/mol. The highest BCUT2D eigenvalue weighted by molar-refractivity contribution is 6.01. The highest BCUT2D eigenvalue weighted by Gasteiger charge is 2.37. The fourth-order valence-electron chi connectivity index (χ4n) is 3.55. The predicted molar refractivity (Wildman–Crippen MR) is 81.7 cm³/mol. The molecule has 4 nitrogen and oxygen atoms in total. The van der Waals surface area contributed by atoms with Crippen LogP contribution in [0.2, 0.25) is 0 Å². The van der Waals surface area contributed by atoms with Crippen molar-refractivity contribution in [3.05, 3.63) is 46.0 Å². The van der Waals surface area contributed by atoms with Gasteiger partial charge in [-0.3, -0.25) is 14.9 Å². The van der Waals surface area contributed by atoms with E-state index >= 15 is 0 Å². The fourth-order valence-corrected chi connectivity index (χ4v) is 3.55. The number of nitrogens with one attached hydrogen (secondary N) is 1. The molecule has 1 aromatic rings. The van der Waals surface area contributed by atoms with Gasteiger partial charge in [-0.15, -0.1) is 0 Å². The van der Waals surface area contributed by atoms with Crippen molar-refractivity contribution >= 4 is 23.5 Å². The summed E-state index contributed by atoms with van der Waals surface area (Å²) in [7, 11) is 0. The van der Waals surface area contributed by atoms with E-state index in [-0.39, 0.29) is 23.8 Å². The van der Waals surface area contributed by atoms with Crippen molar-refractivity contribution in [2.24, 2.45) is 5.92 Å². The van der Waals surface area contributed by atoms with Gasteiger partial charge in [-0.05, 0) is 23.8 Å². The first kappa shape index (κ1) is 13.3. The van der Waals surface area contributed by atoms with E-state index in [2.05, 4.69) is 36.5 Å². The molecule has 2 unspecified atom stereocenters. The third kappa shape index (κ3) is 1.98. The summed E-state index contributed by atoms with van der Waals surface area (Å²) in [4.78, 5) is 23.6. The van der Waals surface area contributed by atoms with Crippen LogP contribution in [0.15, 0.2) is 30.0 Å². The molecule has 0 aromatic heterocycles. The average Bonchev–Trinajstić information content (AvgIpc) is 2.91. The molecular formula is C18H17NO3. The summed E-state index contributed by atoms with van der Waals surface area (Å²) < 4.78 is 5.80. The number of carbonyl (C=O) groups excluding carboxylic acids is 2. The monoisotopic (exact) mass is 295 g/mol. The van der Waals surface area contributed by atoms with Gasteiger partial charge in [0.25, 0.3) is 0 Å². The minimum Gasteiger partial charge on any atom is -0.493 e. The highest BCUT2D eigenvalue weighted by Crippen LogP contribution is 2.36. The summed E-state index contributed by atoms with van der Waals surface area (Å²) in [6.45, 7) is 2.07. The van der Waals surface area contributed by atoms with Crippen LogP contribution in [0.3, 0.4) is 0 Å². The van der Waals surface area contributed by atoms with Gasteiger partial charge in [-0.2, -0.15) is 0 Å². The van der Waals surface area contributed by atoms with Crippen LogP contribution >= 0.6 is 0 Å². The van der Waals surface area contributed by atoms with Crippen LogP contribution in [-0.2, 0) is 14.3 Å². The number of hydrogen-bond acceptors (Lipinski definition) is 3. The lowest BCUT2D eigenvalue weighted by Gasteiger charge is -2.24. The SMILES string of the molecule is Cc1ccc2c(c1)=C1C(C3CCC(=O)NC3=O)=COC1CC=2. The van der Waals surface area contributed by atoms with E-state index < -0.39 is 0 Å². The Morgan fingerprint density at radius 1 is 1.27 bits per heavy atom. The molecule has 1 saturated heterocycles. The second-order valence-corrected chi connectivity index (χ2v) is 6.15. The number of benzene rings is 1. The third-order valence-corrected chi connectivity index (χ3v) is 4.66. The second kappa shape index (κ2) is 4.83. The molecule has 2 amide bonds. The molecule has 1 aliphatic carbocycles. The van der Waals surface area contributed by atoms with E-state index in [1.165, 1.54) is 10.8 Å². The highest BCUT2D eigenvalue weighted by atomic mass is 16.5. The number of carbonyl (C=O) groups is 2. The lowest BCUT2D eigenvalue weighted by molar-refractivity contribution is -0.135. The van der Waals surface area contributed by atoms with E-state index in [0.717, 1.165) is 22.8 Å². The summed E-state index contributed by atoms with van der Waals surface area (Å²) >= 11 is 0. The minimum atomic E-state index is -0.288. The van der Waals surface area contributed by atoms with Gasteiger partial charge < -0.3 is 4.74 Å². The Kier molecular flexibility index (Phi) is 2.93. The van der Waals surface area contributed by atoms with Crippen molar-refractivity contribution in [1.29, 1.82) is 0 Å². The lowest BCUT2D eigenvalue weighted by Crippen LogP contribution is -2.43. The second-order valence-electron chi connectivity index (χ2n) is 6.15. The molecule has 112 valence electrons. The average molecular weight is 295 g/mol. The molecule has 0 radical (unpaired) electrons. The Morgan fingerprint density at radius 3 is 2.95 bits per heavy atom. The molecule has 2 atom stereocenters. The maximum atomic E-state index is 12.2. The van der Waals surface area contributed by atoms with E-state index in [1.807, 2.05) is 0 Å². The maximum Gasteiger partial charge on any atom is 0.234 e. The van der Waals surface area contributed by atoms with Gasteiger partial charge in [0.2, 0.25) is 11.8 Å². The molecule has 0 bridgehead atoms. The molecule has 2 heterocycles. The molecule has 1 fully saturated rings. The number of imide groups is 1. The van der Waals surface area contributed by atoms with Gasteiger partial charge in [-0.25, -0.2) is 0 Å². The fraction of sp³-hybridized carbons (Fsp3) is 0.333. The van der Waals surface area contributed by atoms with Crippen LogP contribution in [0.5, 0.6) is 0 Å². The Bertz CT molecular complexity index is 834. The van der Waals surface area contributed by atoms with Crippen LogP contribution in [0.4, 0.5) is 0 Å². The molecule has 1 N–H and O–H groups in total. The zero-order chi connectivity index (χ0) is 15.3. The van der Waals surface area contributed by atoms with E-state index in [4.69, 9.17) is 4.74 Å². The van der Waals surface area contributed by atoms with Crippen LogP contribution in [0, 0.1) is 12.8 Å². The van der Waals surface area contributed by atoms with Gasteiger partial charge in [0.15, 0.2) is 0 Å². The first-order valence-corrected chi connectivity index (χ1v) is 7.64. The summed E-state index contributed by atoms with van der Waals surface area (Å²) in [6.07, 6.45) is 5.67. The van der Waals surface area contributed by atoms with Crippen molar-refractivity contribution in [1.82, 2.24) is 5.32 Å². The third-order valence-electron chi connectivity index (χ3n) is 4.66. The topological polar surface area (TPSA) is 55.4 Å². The number of piperidine rings is 1. The molecule has 0 saturated carbocycles. The summed E-state index contributed by atoms with van der Waals surface area (Å²) in [6, 6.07) is 6.37. The van der Waals surface area contributed by atoms with Crippen molar-refractivity contribution in [2.45, 2.75) is 32.3 Å². The van der Waals surface area contributed by atoms with Gasteiger partial charge in [0.1, 0.15) is 6.10 Å². The molecule has 2 aliphatic heterocycles. The zero-order valence-corrected chi connectivity index (χ0v) is 12.4. The minimum absolute atomic E-state index is 0.00488. The number of hydrogen-bond donors (Lipinski definition) is 1. The molecule has 4 heteroatoms. The van der Waals surface area contributed by atoms with Crippen LogP contribution in [-0.4, -0.2) is 17.9 Å². The standard InChI is InChI=1S/C18H17NO3/c1-10-2-3-11-4-6-15-17(13(11)8-10)14(9-22-15)12-5-7-16(20)19-18(12)21/h2-4,8-9,12,15H,5-7H2,1H3,(H,19,20,21). The van der Waals surface area contributed by atoms with Crippen LogP contribution < -0.4 is 15.8 Å². The number of fused-ring (bicyclic) bond motifs is 2. The summed E-state index contributed by atoms with van der Waals surface area (Å²) in [5, 5.41) is 4.79. The number of aryl methyl sites for hydroxylation is 1. The Morgan fingerprint density at radius 2 is 2.14 bits per heavy atom. The van der Waals surface area contributed by atoms with Gasteiger partial charge in [0.05, 0.1) is 12.2 Å². The van der Waals surface area contributed by atoms with Crippen molar-refractivity contribution in [2.75, 3.05) is 0 Å². The first-order chi connectivity index (χ1) is 10.6. The predicted octanol–water partition coefficient (Wildman–Crippen LogP) is 0.665. The Labute approximate surface area is 128 Å². The van der Waals surface area contributed by atoms with E-state index in [1.54, 1.807) is 6.26 Å². The quantitative estimate of drug-likeness (QED) is 0.775. The smallest absolute Gasteiger partial charge is 0.234 e. The largest absolute Gasteiger partial charge is 0.493 e. The number of rotatable bonds is 1. The Balaban J connectivity index is 1.86. The molecule has 4 rings (SSSR count). The summed E-state index contributed by atoms with van der Waals surface area (Å²) in [5.74, 6) is -0.678. The van der Waals surface area contributed by atoms with Gasteiger partial charge in [0, 0.05) is 24.0 Å². The number of amides is 2. The van der Waals surface area contributed by atoms with Crippen LogP contribution in [0.25, 0.3) is 11.6 Å². The molecule has 0 spiro atoms. The van der Waals surface area contributed by atoms with Crippen molar-refractivity contribution in [3.63, 3.8) is 0 Å². The Hall–Kier alpha value is -2.36.